The SMILES string of the molecule is C[C@@H]1CN(c2cc(F)c(C3=CCNCC3)cc2NC(=O)c2c[nH]c(=O)cc2C(F)(F)F)C[C@H](C)N1C.Cc1ncsc1-c1ccc(CNC(=O)[C@@H]2C[C@@H](O)CN2C(=O)[C@@H](NC(=O)CCCC(=O)N2CC=C(c3cc(NC(=O)c4c[nH]c(=O)cc4C(F)(F)F)c(N4C[C@@H](C)N(C)[C@@H](C)C4)cc3F)CC2)C(C)(C)C)cc1.Cc1ncsc1-c1ccc(CNC(=O)[C@@H]2C[C@@H](O)CN2C(=O)[C@@H](NC(=O)CCCC(=O)O)C(C)(C)C)cc1. The molecule has 0 aliphatic carbocycles. The van der Waals surface area contributed by atoms with Gasteiger partial charge in [-0.05, 0) is 156 Å². The number of carboxylic acids is 1. The summed E-state index contributed by atoms with van der Waals surface area (Å²) in [5.41, 5.74) is 4.12. The van der Waals surface area contributed by atoms with Crippen LogP contribution in [0.1, 0.15) is 199 Å². The minimum Gasteiger partial charge on any atom is -0.481 e. The number of aliphatic hydroxyl groups excluding tert-OH is 2. The summed E-state index contributed by atoms with van der Waals surface area (Å²) in [5, 5.41) is 49.4. The van der Waals surface area contributed by atoms with E-state index >= 15 is 8.78 Å². The number of rotatable bonds is 28. The number of aryl methyl sites for hydroxylation is 2. The smallest absolute Gasteiger partial charge is 0.417 e. The lowest BCUT2D eigenvalue weighted by Gasteiger charge is -2.44. The zero-order valence-corrected chi connectivity index (χ0v) is 86.1. The number of piperazine rings is 2. The van der Waals surface area contributed by atoms with Crippen LogP contribution in [0.2, 0.25) is 0 Å². The number of pyridine rings is 2. The van der Waals surface area contributed by atoms with Crippen LogP contribution in [0.3, 0.4) is 0 Å². The van der Waals surface area contributed by atoms with E-state index in [1.54, 1.807) is 86.2 Å². The molecule has 6 aliphatic heterocycles. The molecule has 0 unspecified atom stereocenters. The average molecular weight is 2090 g/mol. The number of hydrogen-bond acceptors (Lipinski definition) is 23. The number of hydrogen-bond donors (Lipinski definition) is 12. The van der Waals surface area contributed by atoms with Gasteiger partial charge in [-0.3, -0.25) is 67.3 Å². The minimum absolute atomic E-state index is 0.00926. The summed E-state index contributed by atoms with van der Waals surface area (Å²) in [4.78, 5) is 182. The number of carbonyl (C=O) groups excluding carboxylic acids is 9. The van der Waals surface area contributed by atoms with Crippen LogP contribution in [0.25, 0.3) is 32.0 Å². The highest BCUT2D eigenvalue weighted by atomic mass is 32.1. The molecule has 4 fully saturated rings. The van der Waals surface area contributed by atoms with Gasteiger partial charge in [0.25, 0.3) is 11.8 Å². The zero-order chi connectivity index (χ0) is 107. The first-order valence-corrected chi connectivity index (χ1v) is 50.5. The Bertz CT molecular complexity index is 6310. The molecule has 43 heteroatoms. The number of aliphatic carboxylic acids is 1. The summed E-state index contributed by atoms with van der Waals surface area (Å²) < 4.78 is 114. The van der Waals surface area contributed by atoms with Crippen LogP contribution >= 0.6 is 22.7 Å². The Morgan fingerprint density at radius 3 is 1.27 bits per heavy atom. The Balaban J connectivity index is 0.000000217. The Hall–Kier alpha value is -12.9. The van der Waals surface area contributed by atoms with Gasteiger partial charge in [-0.15, -0.1) is 22.7 Å². The van der Waals surface area contributed by atoms with E-state index in [9.17, 15) is 94.1 Å². The van der Waals surface area contributed by atoms with Gasteiger partial charge in [0.1, 0.15) is 35.8 Å². The highest BCUT2D eigenvalue weighted by molar-refractivity contribution is 7.13. The van der Waals surface area contributed by atoms with E-state index in [1.807, 2.05) is 120 Å². The maximum absolute atomic E-state index is 16.2. The highest BCUT2D eigenvalue weighted by Gasteiger charge is 2.48. The first-order chi connectivity index (χ1) is 69.2. The van der Waals surface area contributed by atoms with Crippen molar-refractivity contribution < 1.29 is 98.4 Å². The first-order valence-electron chi connectivity index (χ1n) is 48.7. The Kier molecular flexibility index (Phi) is 37.1. The van der Waals surface area contributed by atoms with Gasteiger partial charge in [-0.2, -0.15) is 26.3 Å². The van der Waals surface area contributed by atoms with Crippen molar-refractivity contribution in [2.75, 3.05) is 100.0 Å². The molecule has 0 saturated carbocycles. The molecule has 4 aromatic carbocycles. The standard InChI is InChI=1S/C52H63F4N9O7S.C27H36N4O6S.C25H29F4N5O2/c1-29-25-64(26-30(2)62(29)7)41-22-39(53)36(20-40(41)60-48(70)37-24-57-44(68)21-38(37)52(54,55)56)33-15-17-63(18-16-33)45(69)10-8-9-43(67)61-47(51(4,5)6)50(72)65-27-35(66)19-42(65)49(71)58-23-32-11-13-34(14-12-32)46-31(3)59-28-73-46;1-16-23(38-15-29-16)18-10-8-17(9-11-18)13-28-25(36)20-12-19(32)14-31(20)26(37)24(27(2,3)4)30-21(33)6-5-7-22(34)35;1-14-12-34(13-15(2)33(14)3)22-10-20(26)17(16-4-6-30-7-5-16)8-21(22)32-24(36)18-11-31-23(35)9-19(18)25(27,28)29/h11-15,20-22,24,28-30,35,42,47,66H,8-10,16-19,23,25-27H2,1-7H3,(H,57,68)(H,58,71)(H,60,70)(H,61,67);8-11,15,19-20,24,32H,5-7,12-14H2,1-4H3,(H,28,36)(H,30,33)(H,34,35);4,8-11,14-15,30H,5-7,12-13H2,1-3H3,(H,31,35)(H,32,36)/t29-,30+,35-,42+,47-;19-,20+,24-;14-,15+/m11./s1. The molecule has 33 nitrogen and oxygen atoms in total. The second kappa shape index (κ2) is 48.4. The summed E-state index contributed by atoms with van der Waals surface area (Å²) in [6, 6.07) is 18.1. The molecule has 9 amide bonds. The lowest BCUT2D eigenvalue weighted by atomic mass is 9.85. The van der Waals surface area contributed by atoms with E-state index in [-0.39, 0.29) is 156 Å². The fraction of sp³-hybridized carbons (Fsp3) is 0.481. The number of nitrogens with one attached hydrogen (secondary N) is 9. The monoisotopic (exact) mass is 2080 g/mol. The molecular weight excluding hydrogens is 1960 g/mol. The molecule has 4 saturated heterocycles. The zero-order valence-electron chi connectivity index (χ0n) is 84.5. The minimum atomic E-state index is -5.01. The molecule has 8 aromatic rings. The van der Waals surface area contributed by atoms with Crippen molar-refractivity contribution in [1.82, 2.24) is 71.0 Å². The van der Waals surface area contributed by atoms with Gasteiger partial charge in [0.05, 0.1) is 89.4 Å². The molecular formula is C104H128F8N18O15S2. The number of carboxylic acid groups (broad SMARTS) is 1. The largest absolute Gasteiger partial charge is 0.481 e. The van der Waals surface area contributed by atoms with Crippen molar-refractivity contribution >= 4 is 116 Å². The van der Waals surface area contributed by atoms with Crippen LogP contribution in [0.5, 0.6) is 0 Å². The number of likely N-dealkylation sites (N-methyl/N-ethyl adjacent to an activating group) is 2. The Labute approximate surface area is 854 Å². The molecule has 0 radical (unpaired) electrons. The Morgan fingerprint density at radius 2 is 0.918 bits per heavy atom. The fourth-order valence-corrected chi connectivity index (χ4v) is 20.3. The number of alkyl halides is 6. The average Bonchev–Trinajstić information content (AvgIpc) is 1.73. The summed E-state index contributed by atoms with van der Waals surface area (Å²) in [6.07, 6.45) is -5.78. The molecule has 6 aliphatic rings. The van der Waals surface area contributed by atoms with E-state index in [1.165, 1.54) is 34.1 Å². The number of H-pyrrole nitrogens is 2. The maximum atomic E-state index is 16.2. The highest BCUT2D eigenvalue weighted by Crippen LogP contribution is 2.42. The summed E-state index contributed by atoms with van der Waals surface area (Å²) >= 11 is 3.11. The van der Waals surface area contributed by atoms with Crippen molar-refractivity contribution in [2.24, 2.45) is 10.8 Å². The van der Waals surface area contributed by atoms with Gasteiger partial charge >= 0.3 is 18.3 Å². The van der Waals surface area contributed by atoms with Gasteiger partial charge in [-0.1, -0.05) is 102 Å². The predicted octanol–water partition coefficient (Wildman–Crippen LogP) is 12.5. The van der Waals surface area contributed by atoms with E-state index in [0.29, 0.717) is 80.8 Å². The second-order valence-corrected chi connectivity index (χ2v) is 42.1. The van der Waals surface area contributed by atoms with Gasteiger partial charge < -0.3 is 87.0 Å². The number of aromatic amines is 2. The number of halogens is 8. The van der Waals surface area contributed by atoms with E-state index in [2.05, 4.69) is 67.0 Å². The lowest BCUT2D eigenvalue weighted by molar-refractivity contribution is -0.144. The number of nitrogens with zero attached hydrogens (tertiary/aromatic N) is 9. The quantitative estimate of drug-likeness (QED) is 0.0203. The van der Waals surface area contributed by atoms with Crippen LogP contribution < -0.4 is 58.1 Å². The van der Waals surface area contributed by atoms with E-state index in [0.717, 1.165) is 55.2 Å². The summed E-state index contributed by atoms with van der Waals surface area (Å²) in [5.74, 6) is -7.23. The number of amides is 9. The second-order valence-electron chi connectivity index (χ2n) is 40.4. The third-order valence-corrected chi connectivity index (χ3v) is 29.3. The Morgan fingerprint density at radius 1 is 0.524 bits per heavy atom. The van der Waals surface area contributed by atoms with Crippen LogP contribution in [0, 0.1) is 36.3 Å². The number of aliphatic hydroxyl groups is 2. The maximum Gasteiger partial charge on any atom is 0.417 e. The number of thiazole rings is 2. The third kappa shape index (κ3) is 28.9. The first kappa shape index (κ1) is 113. The normalized spacial score (nSPS) is 19.9. The number of aromatic nitrogens is 4. The van der Waals surface area contributed by atoms with Gasteiger partial charge in [0, 0.05) is 170 Å². The molecule has 10 atom stereocenters. The predicted molar refractivity (Wildman–Crippen MR) is 544 cm³/mol. The number of carbonyl (C=O) groups is 10. The topological polar surface area (TPSA) is 430 Å². The van der Waals surface area contributed by atoms with Crippen LogP contribution in [-0.4, -0.2) is 259 Å². The van der Waals surface area contributed by atoms with Gasteiger partial charge in [0.15, 0.2) is 0 Å². The third-order valence-electron chi connectivity index (χ3n) is 27.3. The summed E-state index contributed by atoms with van der Waals surface area (Å²) in [7, 11) is 3.95. The van der Waals surface area contributed by atoms with E-state index < -0.39 is 152 Å². The lowest BCUT2D eigenvalue weighted by Crippen LogP contribution is -2.57. The van der Waals surface area contributed by atoms with Gasteiger partial charge in [-0.25, -0.2) is 18.7 Å². The molecule has 10 heterocycles. The van der Waals surface area contributed by atoms with Crippen LogP contribution in [-0.2, 0) is 63.8 Å². The molecule has 0 spiro atoms. The van der Waals surface area contributed by atoms with Crippen molar-refractivity contribution in [1.29, 1.82) is 0 Å². The van der Waals surface area contributed by atoms with Crippen molar-refractivity contribution in [3.05, 3.63) is 209 Å². The number of anilines is 4. The molecule has 792 valence electrons. The number of benzene rings is 4. The van der Waals surface area contributed by atoms with Crippen molar-refractivity contribution in [2.45, 2.75) is 233 Å². The van der Waals surface area contributed by atoms with Crippen molar-refractivity contribution in [3.63, 3.8) is 0 Å². The molecule has 147 heavy (non-hydrogen) atoms. The van der Waals surface area contributed by atoms with E-state index in [4.69, 9.17) is 5.11 Å². The van der Waals surface area contributed by atoms with Crippen LogP contribution in [0.15, 0.2) is 130 Å². The molecule has 14 rings (SSSR count). The molecule has 12 N–H and O–H groups in total. The summed E-state index contributed by atoms with van der Waals surface area (Å²) in [6.45, 7) is 26.5. The van der Waals surface area contributed by atoms with Crippen LogP contribution in [0.4, 0.5) is 57.9 Å². The van der Waals surface area contributed by atoms with Gasteiger partial charge in [0.2, 0.25) is 52.5 Å². The number of β-amino-alcohol motifs (C(OH)–C–C–N with tert-alkyl or cyclic N) is 2. The fourth-order valence-electron chi connectivity index (χ4n) is 18.7. The number of likely N-dealkylation sites (tertiary alicyclic amines) is 2. The van der Waals surface area contributed by atoms with Crippen molar-refractivity contribution in [3.8, 4) is 20.9 Å². The molecule has 4 aromatic heterocycles. The molecule has 0 bridgehead atoms.